The van der Waals surface area contributed by atoms with Gasteiger partial charge in [-0.2, -0.15) is 0 Å². The van der Waals surface area contributed by atoms with E-state index < -0.39 is 0 Å². The highest BCUT2D eigenvalue weighted by Crippen LogP contribution is 2.55. The maximum absolute atomic E-state index is 6.58. The minimum Gasteiger partial charge on any atom is -0.451 e. The molecule has 1 heterocycles. The Morgan fingerprint density at radius 1 is 0.750 bits per heavy atom. The van der Waals surface area contributed by atoms with Crippen molar-refractivity contribution in [2.45, 2.75) is 36.6 Å². The number of para-hydroxylation sites is 2. The number of anilines is 2. The average Bonchev–Trinajstić information content (AvgIpc) is 2.73. The number of hydrogen-bond acceptors (Lipinski definition) is 4. The summed E-state index contributed by atoms with van der Waals surface area (Å²) in [5.41, 5.74) is 3.57. The van der Waals surface area contributed by atoms with Crippen LogP contribution < -0.4 is 9.64 Å². The monoisotopic (exact) mass is 407 g/mol. The van der Waals surface area contributed by atoms with E-state index in [9.17, 15) is 0 Å². The maximum atomic E-state index is 6.58. The van der Waals surface area contributed by atoms with Crippen molar-refractivity contribution in [2.75, 3.05) is 16.4 Å². The molecule has 144 valence electrons. The van der Waals surface area contributed by atoms with E-state index in [4.69, 9.17) is 4.74 Å². The van der Waals surface area contributed by atoms with Gasteiger partial charge in [0.05, 0.1) is 27.2 Å². The summed E-state index contributed by atoms with van der Waals surface area (Å²) in [4.78, 5) is 4.84. The van der Waals surface area contributed by atoms with Crippen molar-refractivity contribution in [2.24, 2.45) is 0 Å². The zero-order valence-corrected chi connectivity index (χ0v) is 18.1. The maximum Gasteiger partial charge on any atom is 0.164 e. The van der Waals surface area contributed by atoms with Crippen molar-refractivity contribution in [3.8, 4) is 11.5 Å². The van der Waals surface area contributed by atoms with Crippen LogP contribution in [0.5, 0.6) is 11.5 Å². The van der Waals surface area contributed by atoms with Gasteiger partial charge in [0.25, 0.3) is 0 Å². The number of ether oxygens (including phenoxy) is 1. The summed E-state index contributed by atoms with van der Waals surface area (Å²) in [5.74, 6) is 4.00. The topological polar surface area (TPSA) is 12.5 Å². The van der Waals surface area contributed by atoms with Crippen LogP contribution in [0.4, 0.5) is 11.4 Å². The molecule has 1 aliphatic rings. The number of rotatable bonds is 6. The van der Waals surface area contributed by atoms with Crippen LogP contribution in [0.3, 0.4) is 0 Å². The molecular formula is C24H25NOS2. The molecule has 0 radical (unpaired) electrons. The Morgan fingerprint density at radius 3 is 1.79 bits per heavy atom. The van der Waals surface area contributed by atoms with E-state index in [-0.39, 0.29) is 6.04 Å². The van der Waals surface area contributed by atoms with Crippen LogP contribution in [-0.2, 0) is 0 Å². The van der Waals surface area contributed by atoms with Crippen molar-refractivity contribution >= 4 is 34.9 Å². The first kappa shape index (κ1) is 19.3. The molecule has 3 aromatic rings. The van der Waals surface area contributed by atoms with Crippen LogP contribution in [0.25, 0.3) is 0 Å². The number of thioether (sulfide) groups is 2. The lowest BCUT2D eigenvalue weighted by molar-refractivity contribution is 0.447. The normalized spacial score (nSPS) is 13.5. The molecule has 1 atom stereocenters. The first-order chi connectivity index (χ1) is 13.7. The van der Waals surface area contributed by atoms with Gasteiger partial charge in [0.1, 0.15) is 0 Å². The Hall–Kier alpha value is -2.04. The Kier molecular flexibility index (Phi) is 5.88. The Balaban J connectivity index is 1.90. The minimum atomic E-state index is 0.200. The fourth-order valence-electron chi connectivity index (χ4n) is 3.66. The van der Waals surface area contributed by atoms with Crippen LogP contribution in [0.1, 0.15) is 32.4 Å². The zero-order chi connectivity index (χ0) is 19.5. The van der Waals surface area contributed by atoms with Crippen molar-refractivity contribution < 1.29 is 4.74 Å². The van der Waals surface area contributed by atoms with Gasteiger partial charge in [0, 0.05) is 0 Å². The summed E-state index contributed by atoms with van der Waals surface area (Å²) in [5, 5.41) is 0. The standard InChI is InChI=1S/C24H25NOS2/c1-4-27-21-15-9-13-19-23(21)26-24-20(14-10-16-22(24)28-5-2)25(19)17(3)18-11-7-6-8-12-18/h6-17H,4-5H2,1-3H3. The molecule has 4 rings (SSSR count). The molecule has 0 aliphatic carbocycles. The van der Waals surface area contributed by atoms with Gasteiger partial charge in [-0.1, -0.05) is 56.3 Å². The van der Waals surface area contributed by atoms with E-state index in [1.54, 1.807) is 0 Å². The predicted octanol–water partition coefficient (Wildman–Crippen LogP) is 7.92. The highest BCUT2D eigenvalue weighted by atomic mass is 32.2. The lowest BCUT2D eigenvalue weighted by Gasteiger charge is -2.38. The Labute approximate surface area is 176 Å². The third-order valence-corrected chi connectivity index (χ3v) is 6.75. The molecule has 0 aromatic heterocycles. The second-order valence-corrected chi connectivity index (χ2v) is 9.25. The van der Waals surface area contributed by atoms with Gasteiger partial charge in [-0.25, -0.2) is 0 Å². The molecule has 0 bridgehead atoms. The van der Waals surface area contributed by atoms with Crippen molar-refractivity contribution in [3.63, 3.8) is 0 Å². The largest absolute Gasteiger partial charge is 0.451 e. The molecule has 0 saturated heterocycles. The van der Waals surface area contributed by atoms with Crippen LogP contribution >= 0.6 is 23.5 Å². The van der Waals surface area contributed by atoms with E-state index in [1.807, 2.05) is 23.5 Å². The van der Waals surface area contributed by atoms with Crippen LogP contribution in [-0.4, -0.2) is 11.5 Å². The van der Waals surface area contributed by atoms with Gasteiger partial charge in [-0.05, 0) is 48.3 Å². The molecule has 4 heteroatoms. The van der Waals surface area contributed by atoms with Gasteiger partial charge in [-0.3, -0.25) is 0 Å². The molecular weight excluding hydrogens is 382 g/mol. The SMILES string of the molecule is CCSc1cccc2c1Oc1c(SCC)cccc1N2C(C)c1ccccc1. The minimum absolute atomic E-state index is 0.200. The van der Waals surface area contributed by atoms with Gasteiger partial charge < -0.3 is 9.64 Å². The predicted molar refractivity (Wildman–Crippen MR) is 123 cm³/mol. The number of benzene rings is 3. The molecule has 0 N–H and O–H groups in total. The summed E-state index contributed by atoms with van der Waals surface area (Å²) in [6, 6.07) is 23.9. The van der Waals surface area contributed by atoms with Crippen LogP contribution in [0.2, 0.25) is 0 Å². The summed E-state index contributed by atoms with van der Waals surface area (Å²) < 4.78 is 6.58. The van der Waals surface area contributed by atoms with Gasteiger partial charge in [-0.15, -0.1) is 23.5 Å². The molecule has 2 nitrogen and oxygen atoms in total. The first-order valence-corrected chi connectivity index (χ1v) is 11.7. The second-order valence-electron chi connectivity index (χ2n) is 6.63. The van der Waals surface area contributed by atoms with Crippen molar-refractivity contribution in [1.82, 2.24) is 0 Å². The third kappa shape index (κ3) is 3.51. The van der Waals surface area contributed by atoms with Gasteiger partial charge in [0.15, 0.2) is 11.5 Å². The highest BCUT2D eigenvalue weighted by Gasteiger charge is 2.31. The molecule has 1 unspecified atom stereocenters. The molecule has 0 saturated carbocycles. The fraction of sp³-hybridized carbons (Fsp3) is 0.250. The molecule has 3 aromatic carbocycles. The molecule has 0 fully saturated rings. The molecule has 0 spiro atoms. The molecule has 1 aliphatic heterocycles. The van der Waals surface area contributed by atoms with E-state index in [0.29, 0.717) is 0 Å². The summed E-state index contributed by atoms with van der Waals surface area (Å²) in [6.07, 6.45) is 0. The summed E-state index contributed by atoms with van der Waals surface area (Å²) in [7, 11) is 0. The Bertz CT molecular complexity index is 903. The third-order valence-electron chi connectivity index (χ3n) is 4.91. The Morgan fingerprint density at radius 2 is 1.29 bits per heavy atom. The fourth-order valence-corrected chi connectivity index (χ4v) is 5.19. The van der Waals surface area contributed by atoms with E-state index in [2.05, 4.69) is 92.4 Å². The van der Waals surface area contributed by atoms with E-state index in [1.165, 1.54) is 15.4 Å². The van der Waals surface area contributed by atoms with Crippen molar-refractivity contribution in [1.29, 1.82) is 0 Å². The summed E-state index contributed by atoms with van der Waals surface area (Å²) >= 11 is 3.67. The number of fused-ring (bicyclic) bond motifs is 2. The van der Waals surface area contributed by atoms with Crippen molar-refractivity contribution in [3.05, 3.63) is 72.3 Å². The average molecular weight is 408 g/mol. The second kappa shape index (κ2) is 8.54. The van der Waals surface area contributed by atoms with Crippen LogP contribution in [0.15, 0.2) is 76.5 Å². The van der Waals surface area contributed by atoms with Gasteiger partial charge >= 0.3 is 0 Å². The number of hydrogen-bond donors (Lipinski definition) is 0. The van der Waals surface area contributed by atoms with E-state index in [0.717, 1.165) is 34.4 Å². The smallest absolute Gasteiger partial charge is 0.164 e. The van der Waals surface area contributed by atoms with Gasteiger partial charge in [0.2, 0.25) is 0 Å². The lowest BCUT2D eigenvalue weighted by atomic mass is 10.0. The number of nitrogens with zero attached hydrogens (tertiary/aromatic N) is 1. The highest BCUT2D eigenvalue weighted by molar-refractivity contribution is 7.99. The van der Waals surface area contributed by atoms with Crippen LogP contribution in [0, 0.1) is 0 Å². The molecule has 0 amide bonds. The first-order valence-electron chi connectivity index (χ1n) is 9.78. The zero-order valence-electron chi connectivity index (χ0n) is 16.5. The lowest BCUT2D eigenvalue weighted by Crippen LogP contribution is -2.25. The summed E-state index contributed by atoms with van der Waals surface area (Å²) in [6.45, 7) is 6.64. The molecule has 28 heavy (non-hydrogen) atoms. The quantitative estimate of drug-likeness (QED) is 0.385. The van der Waals surface area contributed by atoms with E-state index >= 15 is 0 Å².